The first-order valence-electron chi connectivity index (χ1n) is 8.28. The van der Waals surface area contributed by atoms with Crippen molar-refractivity contribution in [2.45, 2.75) is 43.4 Å². The summed E-state index contributed by atoms with van der Waals surface area (Å²) in [6, 6.07) is 7.71. The zero-order chi connectivity index (χ0) is 17.4. The molecule has 0 atom stereocenters. The van der Waals surface area contributed by atoms with Crippen LogP contribution in [0.25, 0.3) is 0 Å². The van der Waals surface area contributed by atoms with Gasteiger partial charge in [-0.25, -0.2) is 13.1 Å². The predicted octanol–water partition coefficient (Wildman–Crippen LogP) is 2.19. The number of hydrogen-bond donors (Lipinski definition) is 2. The fourth-order valence-electron chi connectivity index (χ4n) is 2.84. The normalized spacial score (nSPS) is 15.6. The van der Waals surface area contributed by atoms with E-state index in [1.54, 1.807) is 0 Å². The standard InChI is InChI=1S/C17H23N3O3S/c18-11-4-12-20-24(22,23)16-9-7-15(8-10-16)17(21)19-13-14-5-2-1-3-6-14/h7-10,14,20H,1-6,12-13H2,(H,19,21). The molecule has 1 aliphatic rings. The van der Waals surface area contributed by atoms with Crippen LogP contribution in [0.4, 0.5) is 0 Å². The average Bonchev–Trinajstić information content (AvgIpc) is 2.61. The van der Waals surface area contributed by atoms with E-state index in [9.17, 15) is 13.2 Å². The molecule has 1 aromatic rings. The van der Waals surface area contributed by atoms with Crippen LogP contribution in [0.1, 0.15) is 48.9 Å². The lowest BCUT2D eigenvalue weighted by Crippen LogP contribution is -2.30. The van der Waals surface area contributed by atoms with Gasteiger partial charge in [0, 0.05) is 25.1 Å². The number of benzene rings is 1. The third-order valence-corrected chi connectivity index (χ3v) is 5.71. The smallest absolute Gasteiger partial charge is 0.251 e. The van der Waals surface area contributed by atoms with Crippen molar-refractivity contribution in [1.82, 2.24) is 10.0 Å². The average molecular weight is 349 g/mol. The van der Waals surface area contributed by atoms with Crippen LogP contribution in [-0.2, 0) is 10.0 Å². The van der Waals surface area contributed by atoms with Gasteiger partial charge in [0.15, 0.2) is 0 Å². The minimum atomic E-state index is -3.64. The van der Waals surface area contributed by atoms with E-state index >= 15 is 0 Å². The van der Waals surface area contributed by atoms with Crippen molar-refractivity contribution < 1.29 is 13.2 Å². The van der Waals surface area contributed by atoms with Gasteiger partial charge in [0.05, 0.1) is 11.0 Å². The number of sulfonamides is 1. The zero-order valence-corrected chi connectivity index (χ0v) is 14.4. The second kappa shape index (κ2) is 8.81. The predicted molar refractivity (Wildman–Crippen MR) is 90.8 cm³/mol. The fraction of sp³-hybridized carbons (Fsp3) is 0.529. The molecule has 24 heavy (non-hydrogen) atoms. The Balaban J connectivity index is 1.90. The Labute approximate surface area is 143 Å². The third-order valence-electron chi connectivity index (χ3n) is 4.23. The molecule has 0 unspecified atom stereocenters. The zero-order valence-electron chi connectivity index (χ0n) is 13.6. The molecule has 7 heteroatoms. The Morgan fingerprint density at radius 2 is 1.83 bits per heavy atom. The largest absolute Gasteiger partial charge is 0.352 e. The SMILES string of the molecule is N#CCCNS(=O)(=O)c1ccc(C(=O)NCC2CCCCC2)cc1. The van der Waals surface area contributed by atoms with Gasteiger partial charge in [-0.3, -0.25) is 4.79 Å². The van der Waals surface area contributed by atoms with Gasteiger partial charge < -0.3 is 5.32 Å². The Kier molecular flexibility index (Phi) is 6.76. The molecule has 6 nitrogen and oxygen atoms in total. The molecule has 1 amide bonds. The molecule has 0 spiro atoms. The summed E-state index contributed by atoms with van der Waals surface area (Å²) in [4.78, 5) is 12.2. The first-order chi connectivity index (χ1) is 11.5. The monoisotopic (exact) mass is 349 g/mol. The molecule has 0 bridgehead atoms. The Hall–Kier alpha value is -1.91. The van der Waals surface area contributed by atoms with Crippen LogP contribution in [-0.4, -0.2) is 27.4 Å². The number of rotatable bonds is 7. The molecule has 2 N–H and O–H groups in total. The van der Waals surface area contributed by atoms with Crippen molar-refractivity contribution in [3.05, 3.63) is 29.8 Å². The topological polar surface area (TPSA) is 99.1 Å². The van der Waals surface area contributed by atoms with Crippen LogP contribution in [0.5, 0.6) is 0 Å². The summed E-state index contributed by atoms with van der Waals surface area (Å²) in [5.41, 5.74) is 0.446. The van der Waals surface area contributed by atoms with Crippen LogP contribution in [0, 0.1) is 17.2 Å². The van der Waals surface area contributed by atoms with Gasteiger partial charge in [0.1, 0.15) is 0 Å². The third kappa shape index (κ3) is 5.32. The molecule has 1 fully saturated rings. The van der Waals surface area contributed by atoms with Crippen molar-refractivity contribution in [2.24, 2.45) is 5.92 Å². The molecule has 0 radical (unpaired) electrons. The van der Waals surface area contributed by atoms with Crippen molar-refractivity contribution in [2.75, 3.05) is 13.1 Å². The molecule has 130 valence electrons. The van der Waals surface area contributed by atoms with Crippen molar-refractivity contribution in [1.29, 1.82) is 5.26 Å². The molecule has 1 saturated carbocycles. The summed E-state index contributed by atoms with van der Waals surface area (Å²) in [5, 5.41) is 11.4. The van der Waals surface area contributed by atoms with Crippen molar-refractivity contribution in [3.63, 3.8) is 0 Å². The van der Waals surface area contributed by atoms with Gasteiger partial charge in [-0.2, -0.15) is 5.26 Å². The first kappa shape index (κ1) is 18.4. The summed E-state index contributed by atoms with van der Waals surface area (Å²) in [6.45, 7) is 0.747. The number of amides is 1. The van der Waals surface area contributed by atoms with E-state index in [1.165, 1.54) is 43.5 Å². The quantitative estimate of drug-likeness (QED) is 0.737. The molecule has 0 saturated heterocycles. The number of nitrogens with zero attached hydrogens (tertiary/aromatic N) is 1. The highest BCUT2D eigenvalue weighted by Crippen LogP contribution is 2.22. The van der Waals surface area contributed by atoms with E-state index in [1.807, 2.05) is 6.07 Å². The summed E-state index contributed by atoms with van der Waals surface area (Å²) in [5.74, 6) is 0.369. The lowest BCUT2D eigenvalue weighted by atomic mass is 9.89. The first-order valence-corrected chi connectivity index (χ1v) is 9.76. The fourth-order valence-corrected chi connectivity index (χ4v) is 3.87. The lowest BCUT2D eigenvalue weighted by molar-refractivity contribution is 0.0943. The minimum absolute atomic E-state index is 0.0719. The second-order valence-electron chi connectivity index (χ2n) is 6.04. The number of hydrogen-bond acceptors (Lipinski definition) is 4. The van der Waals surface area contributed by atoms with Gasteiger partial charge in [0.25, 0.3) is 5.91 Å². The molecule has 2 rings (SSSR count). The maximum absolute atomic E-state index is 12.1. The highest BCUT2D eigenvalue weighted by molar-refractivity contribution is 7.89. The Morgan fingerprint density at radius 1 is 1.17 bits per heavy atom. The highest BCUT2D eigenvalue weighted by atomic mass is 32.2. The van der Waals surface area contributed by atoms with Crippen LogP contribution in [0.3, 0.4) is 0 Å². The number of nitriles is 1. The molecular formula is C17H23N3O3S. The van der Waals surface area contributed by atoms with E-state index in [0.29, 0.717) is 18.0 Å². The summed E-state index contributed by atoms with van der Waals surface area (Å²) < 4.78 is 26.3. The van der Waals surface area contributed by atoms with Gasteiger partial charge in [-0.15, -0.1) is 0 Å². The van der Waals surface area contributed by atoms with Crippen LogP contribution >= 0.6 is 0 Å². The van der Waals surface area contributed by atoms with E-state index < -0.39 is 10.0 Å². The highest BCUT2D eigenvalue weighted by Gasteiger charge is 2.16. The van der Waals surface area contributed by atoms with E-state index in [2.05, 4.69) is 10.0 Å². The second-order valence-corrected chi connectivity index (χ2v) is 7.81. The van der Waals surface area contributed by atoms with Crippen LogP contribution < -0.4 is 10.0 Å². The number of carbonyl (C=O) groups excluding carboxylic acids is 1. The maximum Gasteiger partial charge on any atom is 0.251 e. The van der Waals surface area contributed by atoms with Crippen LogP contribution in [0.15, 0.2) is 29.2 Å². The van der Waals surface area contributed by atoms with Crippen molar-refractivity contribution in [3.8, 4) is 6.07 Å². The van der Waals surface area contributed by atoms with Crippen molar-refractivity contribution >= 4 is 15.9 Å². The van der Waals surface area contributed by atoms with Gasteiger partial charge in [0.2, 0.25) is 10.0 Å². The molecule has 1 aromatic carbocycles. The van der Waals surface area contributed by atoms with Gasteiger partial charge in [-0.1, -0.05) is 19.3 Å². The van der Waals surface area contributed by atoms with Crippen LogP contribution in [0.2, 0.25) is 0 Å². The molecule has 0 aliphatic heterocycles. The summed E-state index contributed by atoms with van der Waals surface area (Å²) >= 11 is 0. The van der Waals surface area contributed by atoms with E-state index in [-0.39, 0.29) is 23.8 Å². The number of carbonyl (C=O) groups is 1. The lowest BCUT2D eigenvalue weighted by Gasteiger charge is -2.21. The molecule has 0 aromatic heterocycles. The Morgan fingerprint density at radius 3 is 2.46 bits per heavy atom. The van der Waals surface area contributed by atoms with E-state index in [0.717, 1.165) is 12.8 Å². The maximum atomic E-state index is 12.1. The van der Waals surface area contributed by atoms with Gasteiger partial charge in [-0.05, 0) is 43.0 Å². The Bertz CT molecular complexity index is 687. The number of nitrogens with one attached hydrogen (secondary N) is 2. The molecule has 0 heterocycles. The molecule has 1 aliphatic carbocycles. The van der Waals surface area contributed by atoms with E-state index in [4.69, 9.17) is 5.26 Å². The summed E-state index contributed by atoms with van der Waals surface area (Å²) in [6.07, 6.45) is 6.17. The minimum Gasteiger partial charge on any atom is -0.352 e. The molecular weight excluding hydrogens is 326 g/mol. The summed E-state index contributed by atoms with van der Waals surface area (Å²) in [7, 11) is -3.64. The van der Waals surface area contributed by atoms with Gasteiger partial charge >= 0.3 is 0 Å².